The minimum atomic E-state index is -1.48. The first kappa shape index (κ1) is 85.2. The zero-order chi connectivity index (χ0) is 77.8. The minimum absolute atomic E-state index is 0.00214. The molecule has 5 aromatic rings. The van der Waals surface area contributed by atoms with Gasteiger partial charge in [0.15, 0.2) is 28.9 Å². The van der Waals surface area contributed by atoms with Crippen LogP contribution in [0.1, 0.15) is 148 Å². The summed E-state index contributed by atoms with van der Waals surface area (Å²) in [6.07, 6.45) is 3.78. The molecule has 0 aliphatic rings. The molecule has 0 spiro atoms. The van der Waals surface area contributed by atoms with Crippen molar-refractivity contribution in [3.8, 4) is 17.2 Å². The summed E-state index contributed by atoms with van der Waals surface area (Å²) in [4.78, 5) is 195. The molecule has 0 bridgehead atoms. The van der Waals surface area contributed by atoms with Crippen LogP contribution in [0.3, 0.4) is 0 Å². The number of aromatic nitrogens is 4. The number of phenolic OH excluding ortho intramolecular Hbond substituents is 3. The van der Waals surface area contributed by atoms with E-state index in [0.29, 0.717) is 40.9 Å². The molecule has 0 aliphatic heterocycles. The third kappa shape index (κ3) is 28.3. The number of H-pyrrole nitrogens is 2. The highest BCUT2D eigenvalue weighted by Gasteiger charge is 2.39. The average molecular weight is 1460 g/mol. The SMILES string of the molecule is CC[C@H](C)[C@H](CC(=O)[C@H](Cc1ccc(O)cc1)NC(=O)[C@H](CC(N)=O)CC(=O)[C@@H](NC(=O)[C@H](C)CC(=O)CNC(=O)[C@@H](CC(=O)[C@H](Cc1ccc(O)cc1)NC(=O)[C@@H](CC(=O)[C@H](Cc1cnc[nH]1)NC(=O)[C@@H](N)Cc1cnc[nH]1)[C@@H](C)CC)CC(C)C)C(C)C)C(=O)N[C@@H](Cc1ccc(O)cc1)C(N)=O. The Morgan fingerprint density at radius 1 is 0.448 bits per heavy atom. The van der Waals surface area contributed by atoms with Crippen molar-refractivity contribution in [1.29, 1.82) is 0 Å². The second kappa shape index (κ2) is 41.7. The summed E-state index contributed by atoms with van der Waals surface area (Å²) in [6.45, 7) is 14.9. The molecule has 0 saturated heterocycles. The molecule has 5 rings (SSSR count). The Kier molecular flexibility index (Phi) is 33.9. The fourth-order valence-electron chi connectivity index (χ4n) is 12.3. The van der Waals surface area contributed by atoms with Gasteiger partial charge in [0.1, 0.15) is 23.3 Å². The number of rotatable bonds is 47. The van der Waals surface area contributed by atoms with Gasteiger partial charge in [-0.15, -0.1) is 0 Å². The highest BCUT2D eigenvalue weighted by Crippen LogP contribution is 2.27. The summed E-state index contributed by atoms with van der Waals surface area (Å²) in [5, 5.41) is 46.2. The lowest BCUT2D eigenvalue weighted by Gasteiger charge is -2.28. The third-order valence-electron chi connectivity index (χ3n) is 19.0. The minimum Gasteiger partial charge on any atom is -0.508 e. The second-order valence-corrected chi connectivity index (χ2v) is 28.4. The van der Waals surface area contributed by atoms with Gasteiger partial charge in [-0.25, -0.2) is 9.97 Å². The van der Waals surface area contributed by atoms with Gasteiger partial charge in [0.2, 0.25) is 47.3 Å². The van der Waals surface area contributed by atoms with E-state index >= 15 is 0 Å². The standard InChI is InChI=1S/C76H105N13O16/c1-10-43(7)57(35-66(96)62(33-52-37-81-40-84-52)87-76(105)59(77)32-51-36-80-39-83-51)74(103)86-60(26-46-12-18-53(90)19-13-46)64(94)29-49(24-41(3)4)72(101)82-38-56(93)25-45(9)71(100)89-69(42(5)6)67(97)30-50(31-68(78)98)73(102)85-61(27-47-14-20-54(91)21-15-47)65(95)34-58(44(8)11-2)75(104)88-63(70(79)99)28-48-16-22-55(92)23-17-48/h12-23,36-37,39-45,49-50,57-63,69,90-92H,10-11,24-35,38,77H2,1-9H3,(H2,78,98)(H2,79,99)(H,80,83)(H,81,84)(H,82,101)(H,85,102)(H,86,103)(H,87,105)(H,88,104)(H,89,100)/t43-,44-,45+,49+,50-,57-,58-,59-,60-,61-,62-,63-,69-/m0/s1. The van der Waals surface area contributed by atoms with E-state index in [9.17, 15) is 77.6 Å². The van der Waals surface area contributed by atoms with Gasteiger partial charge in [0, 0.05) is 105 Å². The number of amides is 8. The van der Waals surface area contributed by atoms with E-state index in [2.05, 4.69) is 51.8 Å². The number of ketones is 5. The maximum atomic E-state index is 14.7. The number of aromatic hydroxyl groups is 3. The number of carbonyl (C=O) groups excluding carboxylic acids is 13. The number of imidazole rings is 2. The summed E-state index contributed by atoms with van der Waals surface area (Å²) in [6, 6.07) is 10.4. The fraction of sp³-hybridized carbons (Fsp3) is 0.513. The van der Waals surface area contributed by atoms with Crippen molar-refractivity contribution in [2.24, 2.45) is 70.5 Å². The average Bonchev–Trinajstić information content (AvgIpc) is 1.80. The van der Waals surface area contributed by atoms with Crippen LogP contribution in [0.5, 0.6) is 17.2 Å². The number of primary amides is 2. The van der Waals surface area contributed by atoms with Gasteiger partial charge >= 0.3 is 0 Å². The zero-order valence-corrected chi connectivity index (χ0v) is 61.3. The molecule has 8 amide bonds. The fourth-order valence-corrected chi connectivity index (χ4v) is 12.3. The smallest absolute Gasteiger partial charge is 0.240 e. The molecule has 29 heteroatoms. The largest absolute Gasteiger partial charge is 0.508 e. The van der Waals surface area contributed by atoms with Crippen LogP contribution in [-0.2, 0) is 94.4 Å². The molecule has 29 nitrogen and oxygen atoms in total. The Morgan fingerprint density at radius 2 is 0.857 bits per heavy atom. The molecular weight excluding hydrogens is 1350 g/mol. The van der Waals surface area contributed by atoms with Crippen molar-refractivity contribution in [1.82, 2.24) is 51.8 Å². The van der Waals surface area contributed by atoms with Crippen molar-refractivity contribution >= 4 is 76.2 Å². The summed E-state index contributed by atoms with van der Waals surface area (Å²) in [7, 11) is 0. The molecular formula is C76H105N13O16. The molecule has 0 radical (unpaired) electrons. The Labute approximate surface area is 611 Å². The lowest BCUT2D eigenvalue weighted by Crippen LogP contribution is -2.51. The summed E-state index contributed by atoms with van der Waals surface area (Å²) in [5.74, 6) is -16.5. The number of Topliss-reactive ketones (excluding diaryl/α,β-unsaturated/α-hetero) is 5. The van der Waals surface area contributed by atoms with E-state index in [1.54, 1.807) is 58.9 Å². The monoisotopic (exact) mass is 1460 g/mol. The number of carbonyl (C=O) groups is 13. The lowest BCUT2D eigenvalue weighted by atomic mass is 9.84. The van der Waals surface area contributed by atoms with Crippen molar-refractivity contribution < 1.29 is 77.6 Å². The third-order valence-corrected chi connectivity index (χ3v) is 19.0. The zero-order valence-electron chi connectivity index (χ0n) is 61.3. The van der Waals surface area contributed by atoms with E-state index in [-0.39, 0.29) is 68.1 Å². The Morgan fingerprint density at radius 3 is 1.28 bits per heavy atom. The predicted molar refractivity (Wildman–Crippen MR) is 388 cm³/mol. The van der Waals surface area contributed by atoms with Crippen molar-refractivity contribution in [2.45, 2.75) is 188 Å². The number of hydrogen-bond acceptors (Lipinski definition) is 19. The van der Waals surface area contributed by atoms with E-state index in [4.69, 9.17) is 17.2 Å². The molecule has 0 fully saturated rings. The number of phenols is 3. The predicted octanol–water partition coefficient (Wildman–Crippen LogP) is 3.68. The van der Waals surface area contributed by atoms with Gasteiger partial charge in [0.25, 0.3) is 0 Å². The quantitative estimate of drug-likeness (QED) is 0.0264. The molecule has 0 unspecified atom stereocenters. The molecule has 17 N–H and O–H groups in total. The highest BCUT2D eigenvalue weighted by atomic mass is 16.3. The van der Waals surface area contributed by atoms with E-state index in [1.807, 2.05) is 20.8 Å². The van der Waals surface area contributed by atoms with Crippen LogP contribution in [0.2, 0.25) is 0 Å². The number of aromatic amines is 2. The van der Waals surface area contributed by atoms with Crippen LogP contribution >= 0.6 is 0 Å². The topological polar surface area (TPSA) is 490 Å². The molecule has 0 saturated carbocycles. The summed E-state index contributed by atoms with van der Waals surface area (Å²) in [5.41, 5.74) is 20.3. The van der Waals surface area contributed by atoms with Crippen LogP contribution in [-0.4, -0.2) is 154 Å². The first-order chi connectivity index (χ1) is 49.6. The Balaban J connectivity index is 1.26. The highest BCUT2D eigenvalue weighted by molar-refractivity contribution is 6.00. The van der Waals surface area contributed by atoms with Crippen LogP contribution in [0, 0.1) is 53.3 Å². The number of nitrogens with two attached hydrogens (primary N) is 3. The van der Waals surface area contributed by atoms with Crippen molar-refractivity contribution in [3.63, 3.8) is 0 Å². The molecule has 105 heavy (non-hydrogen) atoms. The molecule has 13 atom stereocenters. The second-order valence-electron chi connectivity index (χ2n) is 28.4. The van der Waals surface area contributed by atoms with Crippen molar-refractivity contribution in [2.75, 3.05) is 6.54 Å². The maximum Gasteiger partial charge on any atom is 0.240 e. The van der Waals surface area contributed by atoms with Gasteiger partial charge < -0.3 is 74.4 Å². The van der Waals surface area contributed by atoms with Crippen LogP contribution in [0.15, 0.2) is 97.8 Å². The van der Waals surface area contributed by atoms with Crippen LogP contribution in [0.25, 0.3) is 0 Å². The molecule has 2 aromatic heterocycles. The van der Waals surface area contributed by atoms with Gasteiger partial charge in [0.05, 0.1) is 55.3 Å². The number of benzene rings is 3. The summed E-state index contributed by atoms with van der Waals surface area (Å²) < 4.78 is 0. The summed E-state index contributed by atoms with van der Waals surface area (Å²) >= 11 is 0. The first-order valence-electron chi connectivity index (χ1n) is 35.7. The van der Waals surface area contributed by atoms with Crippen LogP contribution in [0.4, 0.5) is 0 Å². The lowest BCUT2D eigenvalue weighted by molar-refractivity contribution is -0.137. The first-order valence-corrected chi connectivity index (χ1v) is 35.7. The van der Waals surface area contributed by atoms with Gasteiger partial charge in [-0.2, -0.15) is 0 Å². The van der Waals surface area contributed by atoms with E-state index in [0.717, 1.165) is 0 Å². The molecule has 3 aromatic carbocycles. The Hall–Kier alpha value is -10.5. The van der Waals surface area contributed by atoms with E-state index < -0.39 is 198 Å². The van der Waals surface area contributed by atoms with E-state index in [1.165, 1.54) is 80.5 Å². The molecule has 0 aliphatic carbocycles. The van der Waals surface area contributed by atoms with Crippen LogP contribution < -0.4 is 49.1 Å². The maximum absolute atomic E-state index is 14.7. The van der Waals surface area contributed by atoms with Gasteiger partial charge in [-0.05, 0) is 96.0 Å². The Bertz CT molecular complexity index is 3730. The van der Waals surface area contributed by atoms with Crippen molar-refractivity contribution in [3.05, 3.63) is 126 Å². The molecule has 570 valence electrons. The van der Waals surface area contributed by atoms with Gasteiger partial charge in [-0.1, -0.05) is 112 Å². The number of hydrogen-bond donors (Lipinski definition) is 14. The normalized spacial score (nSPS) is 15.1. The number of nitrogens with zero attached hydrogens (tertiary/aromatic N) is 2. The number of nitrogens with one attached hydrogen (secondary N) is 8. The van der Waals surface area contributed by atoms with Gasteiger partial charge in [-0.3, -0.25) is 62.3 Å². The molecule has 2 heterocycles.